The number of hydrogen-bond donors (Lipinski definition) is 1. The molecular formula is C18H30BrNS. The van der Waals surface area contributed by atoms with Crippen LogP contribution in [0.1, 0.15) is 75.3 Å². The average Bonchev–Trinajstić information content (AvgIpc) is 2.82. The van der Waals surface area contributed by atoms with Crippen LogP contribution in [0.2, 0.25) is 0 Å². The molecule has 1 atom stereocenters. The Morgan fingerprint density at radius 3 is 2.52 bits per heavy atom. The van der Waals surface area contributed by atoms with Crippen LogP contribution in [0.4, 0.5) is 0 Å². The third kappa shape index (κ3) is 4.80. The smallest absolute Gasteiger partial charge is 0.0704 e. The van der Waals surface area contributed by atoms with Gasteiger partial charge in [0.1, 0.15) is 0 Å². The van der Waals surface area contributed by atoms with Crippen molar-refractivity contribution in [1.29, 1.82) is 0 Å². The van der Waals surface area contributed by atoms with Crippen LogP contribution >= 0.6 is 27.3 Å². The van der Waals surface area contributed by atoms with Crippen molar-refractivity contribution < 1.29 is 0 Å². The summed E-state index contributed by atoms with van der Waals surface area (Å²) in [6, 6.07) is 2.90. The summed E-state index contributed by atoms with van der Waals surface area (Å²) in [7, 11) is 0. The normalized spacial score (nSPS) is 24.2. The Balaban J connectivity index is 1.98. The van der Waals surface area contributed by atoms with E-state index in [1.165, 1.54) is 59.2 Å². The second-order valence-corrected chi connectivity index (χ2v) is 9.16. The number of hydrogen-bond acceptors (Lipinski definition) is 2. The van der Waals surface area contributed by atoms with Gasteiger partial charge < -0.3 is 5.32 Å². The van der Waals surface area contributed by atoms with Crippen molar-refractivity contribution in [2.24, 2.45) is 11.8 Å². The SMILES string of the molecule is CCCCC1CCC(C(NCC)c2cc(Br)sc2C)CC1. The summed E-state index contributed by atoms with van der Waals surface area (Å²) in [5.74, 6) is 1.82. The fraction of sp³-hybridized carbons (Fsp3) is 0.778. The summed E-state index contributed by atoms with van der Waals surface area (Å²) in [5, 5.41) is 3.77. The summed E-state index contributed by atoms with van der Waals surface area (Å²) in [6.45, 7) is 7.87. The molecule has 1 nitrogen and oxygen atoms in total. The maximum atomic E-state index is 3.77. The fourth-order valence-electron chi connectivity index (χ4n) is 3.82. The Labute approximate surface area is 143 Å². The van der Waals surface area contributed by atoms with E-state index in [-0.39, 0.29) is 0 Å². The third-order valence-electron chi connectivity index (χ3n) is 5.01. The molecule has 0 saturated heterocycles. The van der Waals surface area contributed by atoms with E-state index in [4.69, 9.17) is 0 Å². The largest absolute Gasteiger partial charge is 0.310 e. The second kappa shape index (κ2) is 8.69. The number of halogens is 1. The Kier molecular flexibility index (Phi) is 7.24. The molecule has 0 bridgehead atoms. The minimum atomic E-state index is 0.560. The van der Waals surface area contributed by atoms with E-state index in [1.807, 2.05) is 11.3 Å². The van der Waals surface area contributed by atoms with Crippen molar-refractivity contribution in [2.45, 2.75) is 71.8 Å². The molecule has 1 aromatic rings. The lowest BCUT2D eigenvalue weighted by atomic mass is 9.75. The molecule has 0 radical (unpaired) electrons. The number of unbranched alkanes of at least 4 members (excludes halogenated alkanes) is 1. The van der Waals surface area contributed by atoms with Crippen LogP contribution in [0, 0.1) is 18.8 Å². The zero-order valence-electron chi connectivity index (χ0n) is 13.8. The molecule has 1 aromatic heterocycles. The molecule has 0 amide bonds. The molecule has 1 aliphatic carbocycles. The van der Waals surface area contributed by atoms with E-state index in [0.29, 0.717) is 6.04 Å². The Hall–Kier alpha value is 0.140. The minimum Gasteiger partial charge on any atom is -0.310 e. The topological polar surface area (TPSA) is 12.0 Å². The molecule has 3 heteroatoms. The van der Waals surface area contributed by atoms with Gasteiger partial charge in [-0.3, -0.25) is 0 Å². The maximum Gasteiger partial charge on any atom is 0.0704 e. The van der Waals surface area contributed by atoms with Crippen LogP contribution in [-0.4, -0.2) is 6.54 Å². The molecule has 0 aliphatic heterocycles. The van der Waals surface area contributed by atoms with Gasteiger partial charge in [0.2, 0.25) is 0 Å². The number of thiophene rings is 1. The lowest BCUT2D eigenvalue weighted by Crippen LogP contribution is -2.31. The molecule has 1 heterocycles. The Morgan fingerprint density at radius 1 is 1.29 bits per heavy atom. The molecular weight excluding hydrogens is 342 g/mol. The molecule has 2 rings (SSSR count). The standard InChI is InChI=1S/C18H30BrNS/c1-4-6-7-14-8-10-15(11-9-14)18(20-5-2)16-12-17(19)21-13(16)3/h12,14-15,18,20H,4-11H2,1-3H3. The van der Waals surface area contributed by atoms with E-state index in [9.17, 15) is 0 Å². The van der Waals surface area contributed by atoms with Crippen LogP contribution in [0.15, 0.2) is 9.85 Å². The molecule has 1 fully saturated rings. The van der Waals surface area contributed by atoms with E-state index in [1.54, 1.807) is 0 Å². The zero-order chi connectivity index (χ0) is 15.2. The van der Waals surface area contributed by atoms with E-state index in [0.717, 1.165) is 18.4 Å². The van der Waals surface area contributed by atoms with Gasteiger partial charge in [0.15, 0.2) is 0 Å². The van der Waals surface area contributed by atoms with Crippen LogP contribution in [-0.2, 0) is 0 Å². The van der Waals surface area contributed by atoms with E-state index < -0.39 is 0 Å². The van der Waals surface area contributed by atoms with Gasteiger partial charge in [-0.05, 0) is 65.7 Å². The summed E-state index contributed by atoms with van der Waals surface area (Å²) in [6.07, 6.45) is 9.91. The summed E-state index contributed by atoms with van der Waals surface area (Å²) in [5.41, 5.74) is 1.53. The van der Waals surface area contributed by atoms with Gasteiger partial charge in [-0.1, -0.05) is 46.0 Å². The predicted molar refractivity (Wildman–Crippen MR) is 98.1 cm³/mol. The van der Waals surface area contributed by atoms with Crippen LogP contribution in [0.5, 0.6) is 0 Å². The molecule has 120 valence electrons. The molecule has 1 saturated carbocycles. The first-order valence-electron chi connectivity index (χ1n) is 8.64. The van der Waals surface area contributed by atoms with Crippen LogP contribution < -0.4 is 5.32 Å². The molecule has 1 aliphatic rings. The summed E-state index contributed by atoms with van der Waals surface area (Å²) >= 11 is 5.53. The summed E-state index contributed by atoms with van der Waals surface area (Å²) < 4.78 is 1.27. The van der Waals surface area contributed by atoms with Gasteiger partial charge in [0, 0.05) is 10.9 Å². The average molecular weight is 372 g/mol. The molecule has 1 unspecified atom stereocenters. The highest BCUT2D eigenvalue weighted by Gasteiger charge is 2.29. The Morgan fingerprint density at radius 2 is 2.00 bits per heavy atom. The molecule has 0 aromatic carbocycles. The van der Waals surface area contributed by atoms with Crippen molar-refractivity contribution in [2.75, 3.05) is 6.54 Å². The van der Waals surface area contributed by atoms with Gasteiger partial charge in [-0.2, -0.15) is 0 Å². The highest BCUT2D eigenvalue weighted by molar-refractivity contribution is 9.11. The van der Waals surface area contributed by atoms with E-state index >= 15 is 0 Å². The van der Waals surface area contributed by atoms with Crippen molar-refractivity contribution in [3.63, 3.8) is 0 Å². The minimum absolute atomic E-state index is 0.560. The van der Waals surface area contributed by atoms with Crippen LogP contribution in [0.3, 0.4) is 0 Å². The number of aryl methyl sites for hydroxylation is 1. The first kappa shape index (κ1) is 17.5. The van der Waals surface area contributed by atoms with Crippen molar-refractivity contribution in [1.82, 2.24) is 5.32 Å². The van der Waals surface area contributed by atoms with Gasteiger partial charge in [0.25, 0.3) is 0 Å². The van der Waals surface area contributed by atoms with Gasteiger partial charge in [-0.15, -0.1) is 11.3 Å². The second-order valence-electron chi connectivity index (χ2n) is 6.52. The lowest BCUT2D eigenvalue weighted by molar-refractivity contribution is 0.214. The molecule has 1 N–H and O–H groups in total. The van der Waals surface area contributed by atoms with Crippen LogP contribution in [0.25, 0.3) is 0 Å². The molecule has 0 spiro atoms. The fourth-order valence-corrected chi connectivity index (χ4v) is 5.58. The van der Waals surface area contributed by atoms with E-state index in [2.05, 4.69) is 48.1 Å². The number of nitrogens with one attached hydrogen (secondary N) is 1. The highest BCUT2D eigenvalue weighted by Crippen LogP contribution is 2.41. The highest BCUT2D eigenvalue weighted by atomic mass is 79.9. The van der Waals surface area contributed by atoms with Gasteiger partial charge >= 0.3 is 0 Å². The third-order valence-corrected chi connectivity index (χ3v) is 6.58. The quantitative estimate of drug-likeness (QED) is 0.579. The van der Waals surface area contributed by atoms with Gasteiger partial charge in [-0.25, -0.2) is 0 Å². The zero-order valence-corrected chi connectivity index (χ0v) is 16.2. The monoisotopic (exact) mass is 371 g/mol. The van der Waals surface area contributed by atoms with Gasteiger partial charge in [0.05, 0.1) is 3.79 Å². The van der Waals surface area contributed by atoms with Crippen molar-refractivity contribution in [3.8, 4) is 0 Å². The first-order valence-corrected chi connectivity index (χ1v) is 10.3. The van der Waals surface area contributed by atoms with Crippen molar-refractivity contribution in [3.05, 3.63) is 20.3 Å². The Bertz CT molecular complexity index is 421. The first-order chi connectivity index (χ1) is 10.2. The van der Waals surface area contributed by atoms with Crippen molar-refractivity contribution >= 4 is 27.3 Å². The maximum absolute atomic E-state index is 3.77. The summed E-state index contributed by atoms with van der Waals surface area (Å²) in [4.78, 5) is 1.47. The molecule has 21 heavy (non-hydrogen) atoms. The number of rotatable bonds is 7. The lowest BCUT2D eigenvalue weighted by Gasteiger charge is -2.34. The predicted octanol–water partition coefficient (Wildman–Crippen LogP) is 6.47.